The number of carbonyl (C=O) groups excluding carboxylic acids is 1. The van der Waals surface area contributed by atoms with E-state index in [2.05, 4.69) is 15.5 Å². The summed E-state index contributed by atoms with van der Waals surface area (Å²) in [5, 5.41) is 19.3. The number of rotatable bonds is 4. The summed E-state index contributed by atoms with van der Waals surface area (Å²) < 4.78 is 0. The molecule has 0 saturated heterocycles. The summed E-state index contributed by atoms with van der Waals surface area (Å²) >= 11 is 6.19. The van der Waals surface area contributed by atoms with Crippen molar-refractivity contribution in [1.82, 2.24) is 15.5 Å². The van der Waals surface area contributed by atoms with Crippen LogP contribution in [0.4, 0.5) is 0 Å². The lowest BCUT2D eigenvalue weighted by Crippen LogP contribution is -2.38. The van der Waals surface area contributed by atoms with Crippen molar-refractivity contribution in [2.45, 2.75) is 31.7 Å². The van der Waals surface area contributed by atoms with Crippen molar-refractivity contribution >= 4 is 23.5 Å². The first-order chi connectivity index (χ1) is 11.6. The van der Waals surface area contributed by atoms with Crippen LogP contribution < -0.4 is 5.32 Å². The van der Waals surface area contributed by atoms with Gasteiger partial charge in [-0.05, 0) is 31.7 Å². The van der Waals surface area contributed by atoms with Crippen LogP contribution in [0.25, 0.3) is 11.3 Å². The molecule has 1 aromatic heterocycles. The normalized spacial score (nSPS) is 20.5. The van der Waals surface area contributed by atoms with E-state index in [4.69, 9.17) is 16.7 Å². The highest BCUT2D eigenvalue weighted by molar-refractivity contribution is 6.33. The van der Waals surface area contributed by atoms with E-state index in [9.17, 15) is 9.59 Å². The molecule has 24 heavy (non-hydrogen) atoms. The lowest BCUT2D eigenvalue weighted by molar-refractivity contribution is -0.142. The Morgan fingerprint density at radius 1 is 1.21 bits per heavy atom. The molecule has 0 unspecified atom stereocenters. The number of carboxylic acid groups (broad SMARTS) is 1. The second kappa shape index (κ2) is 7.05. The van der Waals surface area contributed by atoms with Crippen molar-refractivity contribution in [3.8, 4) is 11.3 Å². The van der Waals surface area contributed by atoms with Crippen molar-refractivity contribution in [2.75, 3.05) is 0 Å². The predicted octanol–water partition coefficient (Wildman–Crippen LogP) is 3.10. The first-order valence-corrected chi connectivity index (χ1v) is 8.26. The van der Waals surface area contributed by atoms with Crippen molar-refractivity contribution in [2.24, 2.45) is 5.92 Å². The highest BCUT2D eigenvalue weighted by Gasteiger charge is 2.27. The number of halogens is 1. The summed E-state index contributed by atoms with van der Waals surface area (Å²) in [4.78, 5) is 23.6. The molecule has 126 valence electrons. The molecule has 3 rings (SSSR count). The monoisotopic (exact) mass is 347 g/mol. The van der Waals surface area contributed by atoms with Gasteiger partial charge >= 0.3 is 5.97 Å². The number of benzene rings is 1. The zero-order valence-corrected chi connectivity index (χ0v) is 13.7. The molecule has 6 nitrogen and oxygen atoms in total. The Kier molecular flexibility index (Phi) is 4.85. The molecule has 2 aromatic rings. The van der Waals surface area contributed by atoms with Crippen molar-refractivity contribution in [3.05, 3.63) is 41.0 Å². The molecule has 0 bridgehead atoms. The lowest BCUT2D eigenvalue weighted by atomic mass is 9.86. The maximum Gasteiger partial charge on any atom is 0.306 e. The van der Waals surface area contributed by atoms with Gasteiger partial charge < -0.3 is 10.4 Å². The summed E-state index contributed by atoms with van der Waals surface area (Å²) in [6.45, 7) is 0. The van der Waals surface area contributed by atoms with Crippen molar-refractivity contribution in [3.63, 3.8) is 0 Å². The zero-order chi connectivity index (χ0) is 17.1. The fraction of sp³-hybridized carbons (Fsp3) is 0.353. The second-order valence-electron chi connectivity index (χ2n) is 6.00. The molecule has 1 aliphatic rings. The average molecular weight is 348 g/mol. The first kappa shape index (κ1) is 16.5. The number of nitrogens with one attached hydrogen (secondary N) is 2. The molecular formula is C17H18ClN3O3. The van der Waals surface area contributed by atoms with Crippen molar-refractivity contribution in [1.29, 1.82) is 0 Å². The Labute approximate surface area is 144 Å². The molecule has 0 radical (unpaired) electrons. The van der Waals surface area contributed by atoms with Gasteiger partial charge in [-0.3, -0.25) is 14.7 Å². The van der Waals surface area contributed by atoms with Gasteiger partial charge in [-0.1, -0.05) is 29.8 Å². The lowest BCUT2D eigenvalue weighted by Gasteiger charge is -2.26. The molecule has 7 heteroatoms. The fourth-order valence-electron chi connectivity index (χ4n) is 3.08. The van der Waals surface area contributed by atoms with Crippen LogP contribution in [0.5, 0.6) is 0 Å². The number of carbonyl (C=O) groups is 2. The van der Waals surface area contributed by atoms with Gasteiger partial charge in [0.05, 0.1) is 23.4 Å². The van der Waals surface area contributed by atoms with E-state index < -0.39 is 5.97 Å². The third-order valence-corrected chi connectivity index (χ3v) is 4.77. The minimum atomic E-state index is -0.754. The molecule has 1 amide bonds. The van der Waals surface area contributed by atoms with Crippen LogP contribution in [0.15, 0.2) is 30.5 Å². The van der Waals surface area contributed by atoms with E-state index >= 15 is 0 Å². The van der Waals surface area contributed by atoms with E-state index in [1.54, 1.807) is 6.07 Å². The van der Waals surface area contributed by atoms with Crippen LogP contribution in [0.2, 0.25) is 5.02 Å². The Bertz CT molecular complexity index is 751. The van der Waals surface area contributed by atoms with Gasteiger partial charge in [0.1, 0.15) is 0 Å². The Hall–Kier alpha value is -2.34. The SMILES string of the molecule is O=C(NC1CCC(C(=O)O)CC1)c1cn[nH]c1-c1ccccc1Cl. The molecule has 1 saturated carbocycles. The van der Waals surface area contributed by atoms with E-state index in [-0.39, 0.29) is 17.9 Å². The fourth-order valence-corrected chi connectivity index (χ4v) is 3.31. The van der Waals surface area contributed by atoms with Gasteiger partial charge in [-0.15, -0.1) is 0 Å². The molecule has 1 aromatic carbocycles. The number of hydrogen-bond donors (Lipinski definition) is 3. The van der Waals surface area contributed by atoms with Gasteiger partial charge in [-0.2, -0.15) is 5.10 Å². The average Bonchev–Trinajstić information content (AvgIpc) is 3.05. The summed E-state index contributed by atoms with van der Waals surface area (Å²) in [6, 6.07) is 7.24. The highest BCUT2D eigenvalue weighted by atomic mass is 35.5. The molecular weight excluding hydrogens is 330 g/mol. The van der Waals surface area contributed by atoms with E-state index in [0.717, 1.165) is 5.56 Å². The van der Waals surface area contributed by atoms with Crippen LogP contribution in [0.3, 0.4) is 0 Å². The Balaban J connectivity index is 1.70. The molecule has 3 N–H and O–H groups in total. The number of carboxylic acids is 1. The first-order valence-electron chi connectivity index (χ1n) is 7.88. The maximum absolute atomic E-state index is 12.6. The maximum atomic E-state index is 12.6. The van der Waals surface area contributed by atoms with Gasteiger partial charge in [0.25, 0.3) is 5.91 Å². The summed E-state index contributed by atoms with van der Waals surface area (Å²) in [5.41, 5.74) is 1.73. The molecule has 1 fully saturated rings. The third-order valence-electron chi connectivity index (χ3n) is 4.44. The standard InChI is InChI=1S/C17H18ClN3O3/c18-14-4-2-1-3-12(14)15-13(9-19-21-15)16(22)20-11-7-5-10(6-8-11)17(23)24/h1-4,9-11H,5-8H2,(H,19,21)(H,20,22)(H,23,24). The number of nitrogens with zero attached hydrogens (tertiary/aromatic N) is 1. The van der Waals surface area contributed by atoms with Crippen LogP contribution in [0.1, 0.15) is 36.0 Å². The van der Waals surface area contributed by atoms with Gasteiger partial charge in [0.15, 0.2) is 0 Å². The molecule has 0 atom stereocenters. The summed E-state index contributed by atoms with van der Waals surface area (Å²) in [5.74, 6) is -1.28. The Morgan fingerprint density at radius 2 is 1.92 bits per heavy atom. The van der Waals surface area contributed by atoms with E-state index in [0.29, 0.717) is 42.0 Å². The number of H-pyrrole nitrogens is 1. The quantitative estimate of drug-likeness (QED) is 0.792. The van der Waals surface area contributed by atoms with E-state index in [1.165, 1.54) is 6.20 Å². The minimum Gasteiger partial charge on any atom is -0.481 e. The number of aromatic nitrogens is 2. The van der Waals surface area contributed by atoms with Crippen LogP contribution in [-0.4, -0.2) is 33.2 Å². The highest BCUT2D eigenvalue weighted by Crippen LogP contribution is 2.29. The Morgan fingerprint density at radius 3 is 2.58 bits per heavy atom. The molecule has 1 aliphatic carbocycles. The third kappa shape index (κ3) is 3.43. The largest absolute Gasteiger partial charge is 0.481 e. The van der Waals surface area contributed by atoms with Crippen LogP contribution in [0, 0.1) is 5.92 Å². The number of amides is 1. The smallest absolute Gasteiger partial charge is 0.306 e. The van der Waals surface area contributed by atoms with Gasteiger partial charge in [-0.25, -0.2) is 0 Å². The molecule has 0 spiro atoms. The number of aromatic amines is 1. The van der Waals surface area contributed by atoms with Crippen LogP contribution in [-0.2, 0) is 4.79 Å². The topological polar surface area (TPSA) is 95.1 Å². The molecule has 1 heterocycles. The summed E-state index contributed by atoms with van der Waals surface area (Å²) in [7, 11) is 0. The van der Waals surface area contributed by atoms with Crippen molar-refractivity contribution < 1.29 is 14.7 Å². The van der Waals surface area contributed by atoms with Gasteiger partial charge in [0.2, 0.25) is 0 Å². The summed E-state index contributed by atoms with van der Waals surface area (Å²) in [6.07, 6.45) is 3.99. The van der Waals surface area contributed by atoms with Crippen LogP contribution >= 0.6 is 11.6 Å². The van der Waals surface area contributed by atoms with E-state index in [1.807, 2.05) is 18.2 Å². The van der Waals surface area contributed by atoms with Gasteiger partial charge in [0, 0.05) is 16.6 Å². The zero-order valence-electron chi connectivity index (χ0n) is 13.0. The second-order valence-corrected chi connectivity index (χ2v) is 6.41. The predicted molar refractivity (Wildman–Crippen MR) is 89.9 cm³/mol. The molecule has 0 aliphatic heterocycles. The number of hydrogen-bond acceptors (Lipinski definition) is 3. The minimum absolute atomic E-state index is 0.0119. The number of aliphatic carboxylic acids is 1.